The van der Waals surface area contributed by atoms with E-state index in [9.17, 15) is 5.11 Å². The molecule has 144 valence electrons. The first-order valence-corrected chi connectivity index (χ1v) is 9.40. The molecule has 1 fully saturated rings. The van der Waals surface area contributed by atoms with Crippen LogP contribution in [-0.2, 0) is 9.47 Å². The molecule has 0 radical (unpaired) electrons. The lowest BCUT2D eigenvalue weighted by Gasteiger charge is -2.35. The number of aliphatic hydroxyl groups excluding tert-OH is 1. The summed E-state index contributed by atoms with van der Waals surface area (Å²) in [6.07, 6.45) is -1.05. The lowest BCUT2D eigenvalue weighted by Crippen LogP contribution is -2.51. The first-order valence-electron chi connectivity index (χ1n) is 9.40. The maximum absolute atomic E-state index is 9.86. The van der Waals surface area contributed by atoms with E-state index in [0.29, 0.717) is 6.42 Å². The van der Waals surface area contributed by atoms with Gasteiger partial charge in [0, 0.05) is 23.4 Å². The zero-order valence-corrected chi connectivity index (χ0v) is 15.7. The monoisotopic (exact) mass is 377 g/mol. The average Bonchev–Trinajstić information content (AvgIpc) is 3.08. The van der Waals surface area contributed by atoms with Gasteiger partial charge in [0.2, 0.25) is 0 Å². The van der Waals surface area contributed by atoms with Gasteiger partial charge >= 0.3 is 0 Å². The number of hydrogen-bond acceptors (Lipinski definition) is 5. The van der Waals surface area contributed by atoms with Gasteiger partial charge < -0.3 is 24.7 Å². The minimum absolute atomic E-state index is 0.202. The van der Waals surface area contributed by atoms with Crippen molar-refractivity contribution in [1.82, 2.24) is 0 Å². The van der Waals surface area contributed by atoms with Gasteiger partial charge in [-0.1, -0.05) is 54.3 Å². The predicted octanol–water partition coefficient (Wildman–Crippen LogP) is 3.29. The number of nitrogens with two attached hydrogens (primary N) is 1. The molecule has 3 N–H and O–H groups in total. The van der Waals surface area contributed by atoms with Gasteiger partial charge in [-0.3, -0.25) is 0 Å². The van der Waals surface area contributed by atoms with Crippen LogP contribution in [0.1, 0.15) is 18.9 Å². The fourth-order valence-corrected chi connectivity index (χ4v) is 3.41. The van der Waals surface area contributed by atoms with E-state index in [1.165, 1.54) is 0 Å². The van der Waals surface area contributed by atoms with Crippen molar-refractivity contribution in [2.45, 2.75) is 37.9 Å². The van der Waals surface area contributed by atoms with E-state index in [4.69, 9.17) is 19.6 Å². The number of aliphatic hydroxyl groups is 1. The first-order chi connectivity index (χ1) is 13.6. The molecule has 5 nitrogen and oxygen atoms in total. The quantitative estimate of drug-likeness (QED) is 0.685. The summed E-state index contributed by atoms with van der Waals surface area (Å²) in [4.78, 5) is 0. The number of rotatable bonds is 3. The second kappa shape index (κ2) is 8.17. The minimum Gasteiger partial charge on any atom is -0.455 e. The molecule has 2 aromatic carbocycles. The summed E-state index contributed by atoms with van der Waals surface area (Å²) in [5, 5.41) is 10.8. The van der Waals surface area contributed by atoms with Crippen LogP contribution in [0.5, 0.6) is 0 Å². The molecule has 0 spiro atoms. The van der Waals surface area contributed by atoms with Crippen LogP contribution in [-0.4, -0.2) is 36.3 Å². The van der Waals surface area contributed by atoms with Crippen molar-refractivity contribution in [3.05, 3.63) is 60.2 Å². The van der Waals surface area contributed by atoms with Gasteiger partial charge in [-0.05, 0) is 19.1 Å². The molecule has 1 aromatic heterocycles. The van der Waals surface area contributed by atoms with Gasteiger partial charge in [-0.2, -0.15) is 0 Å². The highest BCUT2D eigenvalue weighted by Gasteiger charge is 2.33. The largest absolute Gasteiger partial charge is 0.455 e. The van der Waals surface area contributed by atoms with E-state index in [0.717, 1.165) is 27.9 Å². The highest BCUT2D eigenvalue weighted by Crippen LogP contribution is 2.32. The molecular formula is C23H23NO4. The molecule has 2 heterocycles. The van der Waals surface area contributed by atoms with Crippen LogP contribution in [0.15, 0.2) is 59.0 Å². The standard InChI is InChI=1S/C23H23NO4/c1-15-22(25)19(24)14-21(27-15)26-13-7-11-18-17-10-5-6-12-20(17)28-23(18)16-8-3-2-4-9-16/h2-6,8-10,12,15,19,21-22,25H,13-14,24H2,1H3/t15-,19-,21+,22-/m0/s1. The molecule has 3 aromatic rings. The van der Waals surface area contributed by atoms with Crippen molar-refractivity contribution in [2.24, 2.45) is 5.73 Å². The Morgan fingerprint density at radius 3 is 2.68 bits per heavy atom. The third kappa shape index (κ3) is 3.82. The van der Waals surface area contributed by atoms with Crippen LogP contribution in [0.25, 0.3) is 22.3 Å². The van der Waals surface area contributed by atoms with Gasteiger partial charge in [0.1, 0.15) is 12.2 Å². The summed E-state index contributed by atoms with van der Waals surface area (Å²) < 4.78 is 17.4. The van der Waals surface area contributed by atoms with Gasteiger partial charge in [0.15, 0.2) is 12.1 Å². The Morgan fingerprint density at radius 1 is 1.14 bits per heavy atom. The molecule has 1 saturated heterocycles. The van der Waals surface area contributed by atoms with Gasteiger partial charge in [-0.15, -0.1) is 0 Å². The maximum Gasteiger partial charge on any atom is 0.160 e. The zero-order valence-electron chi connectivity index (χ0n) is 15.7. The summed E-state index contributed by atoms with van der Waals surface area (Å²) in [7, 11) is 0. The predicted molar refractivity (Wildman–Crippen MR) is 107 cm³/mol. The molecule has 0 aliphatic carbocycles. The van der Waals surface area contributed by atoms with Gasteiger partial charge in [0.25, 0.3) is 0 Å². The summed E-state index contributed by atoms with van der Waals surface area (Å²) in [6.45, 7) is 1.99. The van der Waals surface area contributed by atoms with Crippen LogP contribution in [0.2, 0.25) is 0 Å². The van der Waals surface area contributed by atoms with Crippen LogP contribution in [0.3, 0.4) is 0 Å². The second-order valence-corrected chi connectivity index (χ2v) is 6.94. The van der Waals surface area contributed by atoms with E-state index >= 15 is 0 Å². The van der Waals surface area contributed by atoms with Crippen LogP contribution < -0.4 is 5.73 Å². The third-order valence-corrected chi connectivity index (χ3v) is 4.94. The molecule has 0 unspecified atom stereocenters. The highest BCUT2D eigenvalue weighted by molar-refractivity contribution is 5.91. The zero-order chi connectivity index (χ0) is 19.5. The molecule has 1 aliphatic heterocycles. The van der Waals surface area contributed by atoms with Gasteiger partial charge in [-0.25, -0.2) is 0 Å². The molecule has 4 rings (SSSR count). The van der Waals surface area contributed by atoms with E-state index in [1.807, 2.05) is 54.6 Å². The number of furan rings is 1. The van der Waals surface area contributed by atoms with Crippen LogP contribution in [0, 0.1) is 11.8 Å². The topological polar surface area (TPSA) is 77.9 Å². The molecule has 0 amide bonds. The number of hydrogen-bond donors (Lipinski definition) is 2. The Hall–Kier alpha value is -2.62. The molecule has 0 saturated carbocycles. The fraction of sp³-hybridized carbons (Fsp3) is 0.304. The molecule has 28 heavy (non-hydrogen) atoms. The average molecular weight is 377 g/mol. The lowest BCUT2D eigenvalue weighted by molar-refractivity contribution is -0.217. The maximum atomic E-state index is 9.86. The smallest absolute Gasteiger partial charge is 0.160 e. The molecule has 4 atom stereocenters. The number of fused-ring (bicyclic) bond motifs is 1. The van der Waals surface area contributed by atoms with Crippen molar-refractivity contribution in [3.8, 4) is 23.2 Å². The molecule has 5 heteroatoms. The Bertz CT molecular complexity index is 990. The van der Waals surface area contributed by atoms with E-state index in [2.05, 4.69) is 11.8 Å². The third-order valence-electron chi connectivity index (χ3n) is 4.94. The Kier molecular flexibility index (Phi) is 5.47. The molecule has 0 bridgehead atoms. The fourth-order valence-electron chi connectivity index (χ4n) is 3.41. The van der Waals surface area contributed by atoms with E-state index in [-0.39, 0.29) is 18.8 Å². The van der Waals surface area contributed by atoms with Crippen LogP contribution >= 0.6 is 0 Å². The van der Waals surface area contributed by atoms with Crippen molar-refractivity contribution < 1.29 is 19.0 Å². The van der Waals surface area contributed by atoms with Crippen molar-refractivity contribution in [3.63, 3.8) is 0 Å². The van der Waals surface area contributed by atoms with Gasteiger partial charge in [0.05, 0.1) is 17.8 Å². The Morgan fingerprint density at radius 2 is 1.89 bits per heavy atom. The van der Waals surface area contributed by atoms with Crippen molar-refractivity contribution in [1.29, 1.82) is 0 Å². The summed E-state index contributed by atoms with van der Waals surface area (Å²) in [5.41, 5.74) is 8.55. The van der Waals surface area contributed by atoms with E-state index < -0.39 is 12.4 Å². The molecule has 1 aliphatic rings. The number of benzene rings is 2. The van der Waals surface area contributed by atoms with E-state index in [1.54, 1.807) is 6.92 Å². The Balaban J connectivity index is 1.54. The number of ether oxygens (including phenoxy) is 2. The van der Waals surface area contributed by atoms with Crippen LogP contribution in [0.4, 0.5) is 0 Å². The normalized spacial score (nSPS) is 24.7. The molecular weight excluding hydrogens is 354 g/mol. The van der Waals surface area contributed by atoms with Crippen molar-refractivity contribution >= 4 is 11.0 Å². The summed E-state index contributed by atoms with van der Waals surface area (Å²) in [6, 6.07) is 17.4. The second-order valence-electron chi connectivity index (χ2n) is 6.94. The summed E-state index contributed by atoms with van der Waals surface area (Å²) >= 11 is 0. The number of para-hydroxylation sites is 1. The minimum atomic E-state index is -0.670. The Labute approximate surface area is 164 Å². The lowest BCUT2D eigenvalue weighted by atomic mass is 10.0. The SMILES string of the molecule is C[C@@H]1O[C@@H](OCC#Cc2c(-c3ccccc3)oc3ccccc23)C[C@H](N)[C@H]1O. The van der Waals surface area contributed by atoms with Crippen molar-refractivity contribution in [2.75, 3.05) is 6.61 Å². The summed E-state index contributed by atoms with van der Waals surface area (Å²) in [5.74, 6) is 7.02. The first kappa shape index (κ1) is 18.7. The highest BCUT2D eigenvalue weighted by atomic mass is 16.7.